The van der Waals surface area contributed by atoms with E-state index in [2.05, 4.69) is 21.0 Å². The topological polar surface area (TPSA) is 59.8 Å². The normalized spacial score (nSPS) is 15.5. The summed E-state index contributed by atoms with van der Waals surface area (Å²) in [5.41, 5.74) is 5.90. The highest BCUT2D eigenvalue weighted by Gasteiger charge is 2.32. The van der Waals surface area contributed by atoms with E-state index in [-0.39, 0.29) is 18.3 Å². The number of hydrogen-bond donors (Lipinski definition) is 1. The van der Waals surface area contributed by atoms with Gasteiger partial charge < -0.3 is 5.32 Å². The Kier molecular flexibility index (Phi) is 4.98. The zero-order valence-corrected chi connectivity index (χ0v) is 17.8. The van der Waals surface area contributed by atoms with E-state index < -0.39 is 0 Å². The second-order valence-corrected chi connectivity index (χ2v) is 8.37. The molecule has 5 nitrogen and oxygen atoms in total. The zero-order chi connectivity index (χ0) is 20.1. The number of nitrogens with one attached hydrogen (secondary N) is 1. The maximum absolute atomic E-state index is 12.7. The number of fused-ring (bicyclic) bond motifs is 1. The van der Waals surface area contributed by atoms with Crippen molar-refractivity contribution in [3.05, 3.63) is 83.8 Å². The molecule has 1 amide bonds. The van der Waals surface area contributed by atoms with E-state index in [9.17, 15) is 4.79 Å². The Bertz CT molecular complexity index is 1260. The number of aromatic nitrogens is 3. The molecule has 2 aliphatic carbocycles. The van der Waals surface area contributed by atoms with Crippen LogP contribution < -0.4 is 5.32 Å². The van der Waals surface area contributed by atoms with Crippen LogP contribution in [0.1, 0.15) is 59.3 Å². The predicted octanol–water partition coefficient (Wildman–Crippen LogP) is 5.85. The van der Waals surface area contributed by atoms with Gasteiger partial charge in [0, 0.05) is 40.4 Å². The summed E-state index contributed by atoms with van der Waals surface area (Å²) in [6.07, 6.45) is 6.79. The van der Waals surface area contributed by atoms with Gasteiger partial charge in [0.25, 0.3) is 5.91 Å². The van der Waals surface area contributed by atoms with Gasteiger partial charge in [-0.2, -0.15) is 5.10 Å². The number of rotatable bonds is 5. The van der Waals surface area contributed by atoms with Crippen molar-refractivity contribution in [3.63, 3.8) is 0 Å². The Labute approximate surface area is 186 Å². The van der Waals surface area contributed by atoms with Crippen LogP contribution in [0.25, 0.3) is 16.6 Å². The molecule has 0 radical (unpaired) electrons. The van der Waals surface area contributed by atoms with Crippen molar-refractivity contribution < 1.29 is 4.79 Å². The van der Waals surface area contributed by atoms with Crippen molar-refractivity contribution >= 4 is 34.9 Å². The number of hydrogen-bond acceptors (Lipinski definition) is 3. The number of carbonyl (C=O) groups excluding carboxylic acids is 1. The highest BCUT2D eigenvalue weighted by Crippen LogP contribution is 2.45. The second-order valence-electron chi connectivity index (χ2n) is 8.37. The van der Waals surface area contributed by atoms with E-state index >= 15 is 0 Å². The summed E-state index contributed by atoms with van der Waals surface area (Å²) in [5.74, 6) is 1.17. The van der Waals surface area contributed by atoms with Gasteiger partial charge in [-0.3, -0.25) is 9.78 Å². The Morgan fingerprint density at radius 3 is 2.45 bits per heavy atom. The molecular formula is C25H23ClN4O. The van der Waals surface area contributed by atoms with Gasteiger partial charge in [0.05, 0.1) is 16.9 Å². The average Bonchev–Trinajstić information content (AvgIpc) is 3.72. The van der Waals surface area contributed by atoms with Gasteiger partial charge in [-0.1, -0.05) is 6.07 Å². The van der Waals surface area contributed by atoms with Gasteiger partial charge >= 0.3 is 0 Å². The Morgan fingerprint density at radius 1 is 0.935 bits per heavy atom. The summed E-state index contributed by atoms with van der Waals surface area (Å²) in [4.78, 5) is 17.0. The molecule has 2 fully saturated rings. The molecule has 4 aromatic rings. The lowest BCUT2D eigenvalue weighted by Crippen LogP contribution is -2.12. The molecule has 0 atom stereocenters. The summed E-state index contributed by atoms with van der Waals surface area (Å²) in [6.45, 7) is 0. The Hall–Kier alpha value is -3.18. The quantitative estimate of drug-likeness (QED) is 0.432. The molecule has 2 aromatic carbocycles. The molecular weight excluding hydrogens is 408 g/mol. The number of amides is 1. The number of anilines is 1. The first-order valence-electron chi connectivity index (χ1n) is 10.6. The molecule has 6 heteroatoms. The Morgan fingerprint density at radius 2 is 1.71 bits per heavy atom. The first-order chi connectivity index (χ1) is 14.7. The molecule has 2 heterocycles. The van der Waals surface area contributed by atoms with Crippen molar-refractivity contribution in [1.82, 2.24) is 14.8 Å². The summed E-state index contributed by atoms with van der Waals surface area (Å²) in [6, 6.07) is 19.7. The van der Waals surface area contributed by atoms with Gasteiger partial charge in [-0.05, 0) is 80.3 Å². The summed E-state index contributed by atoms with van der Waals surface area (Å²) < 4.78 is 2.10. The lowest BCUT2D eigenvalue weighted by Gasteiger charge is -2.09. The largest absolute Gasteiger partial charge is 0.322 e. The number of carbonyl (C=O) groups is 1. The third-order valence-corrected chi connectivity index (χ3v) is 5.98. The highest BCUT2D eigenvalue weighted by molar-refractivity contribution is 6.06. The molecule has 31 heavy (non-hydrogen) atoms. The van der Waals surface area contributed by atoms with Crippen LogP contribution in [-0.4, -0.2) is 20.7 Å². The lowest BCUT2D eigenvalue weighted by atomic mass is 10.1. The number of nitrogens with zero attached hydrogens (tertiary/aromatic N) is 3. The van der Waals surface area contributed by atoms with Gasteiger partial charge in [-0.15, -0.1) is 12.4 Å². The average molecular weight is 431 g/mol. The van der Waals surface area contributed by atoms with Crippen LogP contribution in [0.3, 0.4) is 0 Å². The van der Waals surface area contributed by atoms with Crippen molar-refractivity contribution in [2.45, 2.75) is 37.5 Å². The molecule has 2 aliphatic rings. The van der Waals surface area contributed by atoms with Crippen LogP contribution in [-0.2, 0) is 0 Å². The van der Waals surface area contributed by atoms with Crippen LogP contribution in [0.2, 0.25) is 0 Å². The molecule has 6 rings (SSSR count). The van der Waals surface area contributed by atoms with Gasteiger partial charge in [0.1, 0.15) is 0 Å². The summed E-state index contributed by atoms with van der Waals surface area (Å²) >= 11 is 0. The lowest BCUT2D eigenvalue weighted by molar-refractivity contribution is 0.102. The van der Waals surface area contributed by atoms with E-state index in [1.165, 1.54) is 37.1 Å². The third-order valence-electron chi connectivity index (χ3n) is 5.98. The van der Waals surface area contributed by atoms with Crippen molar-refractivity contribution in [2.24, 2.45) is 0 Å². The molecule has 1 N–H and O–H groups in total. The fourth-order valence-corrected chi connectivity index (χ4v) is 3.98. The first kappa shape index (κ1) is 19.8. The Balaban J connectivity index is 0.00000204. The maximum atomic E-state index is 12.7. The first-order valence-corrected chi connectivity index (χ1v) is 10.6. The minimum atomic E-state index is -0.123. The van der Waals surface area contributed by atoms with Crippen molar-refractivity contribution in [1.29, 1.82) is 0 Å². The van der Waals surface area contributed by atoms with Gasteiger partial charge in [0.15, 0.2) is 0 Å². The third kappa shape index (κ3) is 3.93. The van der Waals surface area contributed by atoms with Crippen LogP contribution in [0.5, 0.6) is 0 Å². The molecule has 2 saturated carbocycles. The molecule has 0 spiro atoms. The highest BCUT2D eigenvalue weighted by atomic mass is 35.5. The van der Waals surface area contributed by atoms with Crippen molar-refractivity contribution in [2.75, 3.05) is 5.32 Å². The van der Waals surface area contributed by atoms with E-state index in [0.29, 0.717) is 17.4 Å². The van der Waals surface area contributed by atoms with E-state index in [4.69, 9.17) is 5.10 Å². The molecule has 2 aromatic heterocycles. The zero-order valence-electron chi connectivity index (χ0n) is 17.0. The monoisotopic (exact) mass is 430 g/mol. The predicted molar refractivity (Wildman–Crippen MR) is 124 cm³/mol. The molecule has 0 saturated heterocycles. The molecule has 0 bridgehead atoms. The van der Waals surface area contributed by atoms with E-state index in [1.54, 1.807) is 6.20 Å². The van der Waals surface area contributed by atoms with E-state index in [1.807, 2.05) is 54.6 Å². The molecule has 156 valence electrons. The minimum Gasteiger partial charge on any atom is -0.322 e. The summed E-state index contributed by atoms with van der Waals surface area (Å²) in [5, 5.41) is 8.85. The number of benzene rings is 2. The van der Waals surface area contributed by atoms with E-state index in [0.717, 1.165) is 22.3 Å². The number of halogens is 1. The smallest absolute Gasteiger partial charge is 0.255 e. The van der Waals surface area contributed by atoms with Gasteiger partial charge in [0.2, 0.25) is 0 Å². The fourth-order valence-electron chi connectivity index (χ4n) is 3.98. The van der Waals surface area contributed by atoms with Gasteiger partial charge in [-0.25, -0.2) is 4.68 Å². The SMILES string of the molecule is Cl.O=C(Nc1ccc(-n2nc(C3CC3)cc2C2CC2)cc1)c1ccc2ncccc2c1. The van der Waals surface area contributed by atoms with Crippen LogP contribution >= 0.6 is 12.4 Å². The van der Waals surface area contributed by atoms with Crippen LogP contribution in [0.4, 0.5) is 5.69 Å². The minimum absolute atomic E-state index is 0. The maximum Gasteiger partial charge on any atom is 0.255 e. The standard InChI is InChI=1S/C25H22N4O.ClH/c30-25(19-7-12-22-18(14-19)2-1-13-26-22)27-20-8-10-21(11-9-20)29-24(17-5-6-17)15-23(28-29)16-3-4-16;/h1-2,7-17H,3-6H2,(H,27,30);1H. The molecule has 0 unspecified atom stereocenters. The fraction of sp³-hybridized carbons (Fsp3) is 0.240. The van der Waals surface area contributed by atoms with Crippen molar-refractivity contribution in [3.8, 4) is 5.69 Å². The second kappa shape index (κ2) is 7.82. The number of pyridine rings is 1. The molecule has 0 aliphatic heterocycles. The van der Waals surface area contributed by atoms with Crippen LogP contribution in [0, 0.1) is 0 Å². The van der Waals surface area contributed by atoms with Crippen LogP contribution in [0.15, 0.2) is 66.9 Å². The summed E-state index contributed by atoms with van der Waals surface area (Å²) in [7, 11) is 0.